The highest BCUT2D eigenvalue weighted by Crippen LogP contribution is 2.23. The monoisotopic (exact) mass is 450 g/mol. The fourth-order valence-corrected chi connectivity index (χ4v) is 4.70. The van der Waals surface area contributed by atoms with Crippen LogP contribution in [-0.4, -0.2) is 56.2 Å². The molecular formula is C24H26N4O3S. The summed E-state index contributed by atoms with van der Waals surface area (Å²) in [6, 6.07) is 19.3. The van der Waals surface area contributed by atoms with Crippen LogP contribution < -0.4 is 9.64 Å². The first-order valence-electron chi connectivity index (χ1n) is 10.4. The van der Waals surface area contributed by atoms with Gasteiger partial charge in [-0.15, -0.1) is 10.2 Å². The molecule has 32 heavy (non-hydrogen) atoms. The second kappa shape index (κ2) is 9.50. The summed E-state index contributed by atoms with van der Waals surface area (Å²) in [6.07, 6.45) is 1.64. The second-order valence-electron chi connectivity index (χ2n) is 7.65. The van der Waals surface area contributed by atoms with Gasteiger partial charge >= 0.3 is 0 Å². The lowest BCUT2D eigenvalue weighted by Crippen LogP contribution is -2.48. The maximum absolute atomic E-state index is 12.7. The highest BCUT2D eigenvalue weighted by atomic mass is 32.2. The number of sulfonamides is 1. The molecule has 0 amide bonds. The Morgan fingerprint density at radius 1 is 0.938 bits per heavy atom. The number of hydrogen-bond donors (Lipinski definition) is 0. The molecule has 2 aromatic carbocycles. The predicted molar refractivity (Wildman–Crippen MR) is 127 cm³/mol. The van der Waals surface area contributed by atoms with Crippen LogP contribution in [0.3, 0.4) is 0 Å². The van der Waals surface area contributed by atoms with Gasteiger partial charge in [-0.05, 0) is 42.8 Å². The smallest absolute Gasteiger partial charge is 0.236 e. The number of anilines is 1. The van der Waals surface area contributed by atoms with Crippen LogP contribution in [0.5, 0.6) is 5.75 Å². The van der Waals surface area contributed by atoms with E-state index >= 15 is 0 Å². The van der Waals surface area contributed by atoms with Crippen molar-refractivity contribution >= 4 is 21.9 Å². The first-order chi connectivity index (χ1) is 15.4. The summed E-state index contributed by atoms with van der Waals surface area (Å²) in [7, 11) is -1.84. The van der Waals surface area contributed by atoms with Crippen molar-refractivity contribution in [2.45, 2.75) is 6.92 Å². The molecule has 0 N–H and O–H groups in total. The zero-order valence-electron chi connectivity index (χ0n) is 18.2. The average Bonchev–Trinajstić information content (AvgIpc) is 2.84. The van der Waals surface area contributed by atoms with Gasteiger partial charge in [0.2, 0.25) is 10.0 Å². The summed E-state index contributed by atoms with van der Waals surface area (Å²) >= 11 is 0. The molecule has 0 atom stereocenters. The third-order valence-corrected chi connectivity index (χ3v) is 7.01. The standard InChI is InChI=1S/C24H26N4O3S/c1-19-6-8-20(9-7-19)12-17-32(29,30)28-15-13-27(14-16-28)24-11-10-23(25-26-24)21-4-3-5-22(18-21)31-2/h3-12,17-18H,13-16H2,1-2H3/b17-12-. The first-order valence-corrected chi connectivity index (χ1v) is 11.9. The molecule has 1 aromatic heterocycles. The number of piperazine rings is 1. The summed E-state index contributed by atoms with van der Waals surface area (Å²) in [4.78, 5) is 2.05. The van der Waals surface area contributed by atoms with Crippen LogP contribution >= 0.6 is 0 Å². The lowest BCUT2D eigenvalue weighted by atomic mass is 10.1. The van der Waals surface area contributed by atoms with Crippen molar-refractivity contribution in [3.05, 3.63) is 77.2 Å². The zero-order valence-corrected chi connectivity index (χ0v) is 19.0. The van der Waals surface area contributed by atoms with Crippen LogP contribution in [0.1, 0.15) is 11.1 Å². The van der Waals surface area contributed by atoms with Crippen molar-refractivity contribution in [2.24, 2.45) is 0 Å². The third-order valence-electron chi connectivity index (χ3n) is 5.45. The highest BCUT2D eigenvalue weighted by Gasteiger charge is 2.25. The summed E-state index contributed by atoms with van der Waals surface area (Å²) in [5.74, 6) is 1.51. The molecule has 166 valence electrons. The van der Waals surface area contributed by atoms with E-state index in [0.717, 1.165) is 34.0 Å². The van der Waals surface area contributed by atoms with Gasteiger partial charge in [-0.25, -0.2) is 8.42 Å². The fourth-order valence-electron chi connectivity index (χ4n) is 3.53. The van der Waals surface area contributed by atoms with Crippen LogP contribution in [0.15, 0.2) is 66.1 Å². The quantitative estimate of drug-likeness (QED) is 0.571. The molecular weight excluding hydrogens is 424 g/mol. The van der Waals surface area contributed by atoms with Crippen molar-refractivity contribution in [1.82, 2.24) is 14.5 Å². The van der Waals surface area contributed by atoms with E-state index in [0.29, 0.717) is 26.2 Å². The van der Waals surface area contributed by atoms with Gasteiger partial charge < -0.3 is 9.64 Å². The number of hydrogen-bond acceptors (Lipinski definition) is 6. The van der Waals surface area contributed by atoms with Gasteiger partial charge in [-0.2, -0.15) is 4.31 Å². The van der Waals surface area contributed by atoms with E-state index in [9.17, 15) is 8.42 Å². The SMILES string of the molecule is COc1cccc(-c2ccc(N3CCN(S(=O)(=O)/C=C\c4ccc(C)cc4)CC3)nn2)c1. The summed E-state index contributed by atoms with van der Waals surface area (Å²) in [6.45, 7) is 3.93. The normalized spacial score (nSPS) is 15.2. The number of aryl methyl sites for hydroxylation is 1. The molecule has 1 aliphatic rings. The van der Waals surface area contributed by atoms with Crippen LogP contribution in [-0.2, 0) is 10.0 Å². The number of benzene rings is 2. The fraction of sp³-hybridized carbons (Fsp3) is 0.250. The maximum atomic E-state index is 12.7. The molecule has 0 saturated carbocycles. The lowest BCUT2D eigenvalue weighted by molar-refractivity contribution is 0.388. The molecule has 0 bridgehead atoms. The molecule has 4 rings (SSSR count). The predicted octanol–water partition coefficient (Wildman–Crippen LogP) is 3.58. The van der Waals surface area contributed by atoms with Crippen LogP contribution in [0.4, 0.5) is 5.82 Å². The van der Waals surface area contributed by atoms with E-state index < -0.39 is 10.0 Å². The molecule has 1 saturated heterocycles. The first kappa shape index (κ1) is 22.0. The average molecular weight is 451 g/mol. The van der Waals surface area contributed by atoms with Crippen LogP contribution in [0.25, 0.3) is 17.3 Å². The van der Waals surface area contributed by atoms with E-state index in [1.54, 1.807) is 13.2 Å². The minimum absolute atomic E-state index is 0.403. The Kier molecular flexibility index (Phi) is 6.53. The Bertz CT molecular complexity index is 1180. The van der Waals surface area contributed by atoms with Crippen LogP contribution in [0, 0.1) is 6.92 Å². The van der Waals surface area contributed by atoms with E-state index in [-0.39, 0.29) is 0 Å². The molecule has 8 heteroatoms. The van der Waals surface area contributed by atoms with E-state index in [1.807, 2.05) is 67.6 Å². The van der Waals surface area contributed by atoms with E-state index in [2.05, 4.69) is 15.1 Å². The molecule has 0 aliphatic carbocycles. The zero-order chi connectivity index (χ0) is 22.6. The minimum Gasteiger partial charge on any atom is -0.497 e. The molecule has 0 radical (unpaired) electrons. The highest BCUT2D eigenvalue weighted by molar-refractivity contribution is 7.92. The van der Waals surface area contributed by atoms with E-state index in [1.165, 1.54) is 9.71 Å². The Morgan fingerprint density at radius 2 is 1.69 bits per heavy atom. The summed E-state index contributed by atoms with van der Waals surface area (Å²) in [5.41, 5.74) is 3.69. The Hall–Kier alpha value is -3.23. The van der Waals surface area contributed by atoms with Gasteiger partial charge in [0.1, 0.15) is 5.75 Å². The minimum atomic E-state index is -3.47. The summed E-state index contributed by atoms with van der Waals surface area (Å²) < 4.78 is 32.2. The lowest BCUT2D eigenvalue weighted by Gasteiger charge is -2.33. The van der Waals surface area contributed by atoms with Gasteiger partial charge in [0.05, 0.1) is 12.8 Å². The number of rotatable bonds is 6. The Morgan fingerprint density at radius 3 is 2.34 bits per heavy atom. The molecule has 7 nitrogen and oxygen atoms in total. The Labute approximate surface area is 189 Å². The van der Waals surface area contributed by atoms with Gasteiger partial charge in [-0.1, -0.05) is 42.0 Å². The molecule has 1 aliphatic heterocycles. The van der Waals surface area contributed by atoms with Crippen molar-refractivity contribution in [3.8, 4) is 17.0 Å². The van der Waals surface area contributed by atoms with Crippen LogP contribution in [0.2, 0.25) is 0 Å². The number of nitrogens with zero attached hydrogens (tertiary/aromatic N) is 4. The van der Waals surface area contributed by atoms with Gasteiger partial charge in [0, 0.05) is 37.2 Å². The number of aromatic nitrogens is 2. The molecule has 1 fully saturated rings. The van der Waals surface area contributed by atoms with Gasteiger partial charge in [0.25, 0.3) is 0 Å². The second-order valence-corrected chi connectivity index (χ2v) is 9.47. The topological polar surface area (TPSA) is 75.6 Å². The Balaban J connectivity index is 1.38. The maximum Gasteiger partial charge on any atom is 0.236 e. The number of methoxy groups -OCH3 is 1. The molecule has 2 heterocycles. The van der Waals surface area contributed by atoms with Gasteiger partial charge in [-0.3, -0.25) is 0 Å². The molecule has 0 unspecified atom stereocenters. The number of ether oxygens (including phenoxy) is 1. The van der Waals surface area contributed by atoms with Gasteiger partial charge in [0.15, 0.2) is 5.82 Å². The summed E-state index contributed by atoms with van der Waals surface area (Å²) in [5, 5.41) is 9.99. The molecule has 3 aromatic rings. The molecule has 0 spiro atoms. The van der Waals surface area contributed by atoms with Crippen molar-refractivity contribution in [1.29, 1.82) is 0 Å². The third kappa shape index (κ3) is 5.15. The van der Waals surface area contributed by atoms with Crippen molar-refractivity contribution in [2.75, 3.05) is 38.2 Å². The van der Waals surface area contributed by atoms with Crippen molar-refractivity contribution < 1.29 is 13.2 Å². The van der Waals surface area contributed by atoms with Crippen molar-refractivity contribution in [3.63, 3.8) is 0 Å². The largest absolute Gasteiger partial charge is 0.497 e. The van der Waals surface area contributed by atoms with E-state index in [4.69, 9.17) is 4.74 Å².